The molecule has 2 aromatic rings. The molecule has 21 heavy (non-hydrogen) atoms. The normalized spacial score (nSPS) is 10.4. The molecule has 0 saturated heterocycles. The zero-order valence-corrected chi connectivity index (χ0v) is 13.3. The van der Waals surface area contributed by atoms with Crippen molar-refractivity contribution in [1.82, 2.24) is 4.98 Å². The second-order valence-corrected chi connectivity index (χ2v) is 5.74. The van der Waals surface area contributed by atoms with Gasteiger partial charge in [-0.15, -0.1) is 11.3 Å². The highest BCUT2D eigenvalue weighted by Crippen LogP contribution is 2.24. The molecule has 1 aromatic carbocycles. The van der Waals surface area contributed by atoms with Crippen molar-refractivity contribution in [3.8, 4) is 11.5 Å². The zero-order valence-electron chi connectivity index (χ0n) is 12.5. The number of aryl methyl sites for hydroxylation is 1. The second kappa shape index (κ2) is 7.22. The highest BCUT2D eigenvalue weighted by Gasteiger charge is 2.14. The van der Waals surface area contributed by atoms with Crippen molar-refractivity contribution in [3.63, 3.8) is 0 Å². The molecule has 5 heteroatoms. The molecule has 0 radical (unpaired) electrons. The maximum Gasteiger partial charge on any atom is 0.171 e. The lowest BCUT2D eigenvalue weighted by Gasteiger charge is -2.05. The third-order valence-electron chi connectivity index (χ3n) is 2.95. The smallest absolute Gasteiger partial charge is 0.171 e. The van der Waals surface area contributed by atoms with Gasteiger partial charge in [-0.25, -0.2) is 4.98 Å². The number of ketones is 1. The minimum atomic E-state index is 0.0728. The Labute approximate surface area is 128 Å². The fourth-order valence-corrected chi connectivity index (χ4v) is 2.90. The molecule has 0 fully saturated rings. The van der Waals surface area contributed by atoms with E-state index < -0.39 is 0 Å². The number of benzene rings is 1. The minimum Gasteiger partial charge on any atom is -0.497 e. The van der Waals surface area contributed by atoms with Crippen LogP contribution in [0.4, 0.5) is 0 Å². The first-order valence-corrected chi connectivity index (χ1v) is 7.72. The molecule has 1 aromatic heterocycles. The summed E-state index contributed by atoms with van der Waals surface area (Å²) in [7, 11) is 1.62. The molecule has 2 rings (SSSR count). The van der Waals surface area contributed by atoms with Gasteiger partial charge in [0.15, 0.2) is 5.78 Å². The average molecular weight is 305 g/mol. The van der Waals surface area contributed by atoms with Gasteiger partial charge >= 0.3 is 0 Å². The molecule has 0 bridgehead atoms. The van der Waals surface area contributed by atoms with E-state index >= 15 is 0 Å². The molecule has 0 saturated carbocycles. The molecular weight excluding hydrogens is 286 g/mol. The first-order chi connectivity index (χ1) is 10.1. The van der Waals surface area contributed by atoms with E-state index in [9.17, 15) is 4.79 Å². The number of rotatable bonds is 7. The monoisotopic (exact) mass is 305 g/mol. The van der Waals surface area contributed by atoms with E-state index in [1.165, 1.54) is 11.3 Å². The summed E-state index contributed by atoms with van der Waals surface area (Å²) in [5.74, 6) is 1.55. The van der Waals surface area contributed by atoms with Crippen LogP contribution >= 0.6 is 11.3 Å². The van der Waals surface area contributed by atoms with Crippen molar-refractivity contribution in [3.05, 3.63) is 39.8 Å². The Kier molecular flexibility index (Phi) is 5.33. The van der Waals surface area contributed by atoms with E-state index in [1.807, 2.05) is 24.3 Å². The predicted molar refractivity (Wildman–Crippen MR) is 83.4 cm³/mol. The number of nitrogens with zero attached hydrogens (tertiary/aromatic N) is 1. The Morgan fingerprint density at radius 3 is 2.76 bits per heavy atom. The number of ether oxygens (including phenoxy) is 2. The van der Waals surface area contributed by atoms with E-state index in [-0.39, 0.29) is 5.78 Å². The Morgan fingerprint density at radius 2 is 2.10 bits per heavy atom. The SMILES string of the molecule is CCCc1nc(COc2cccc(OC)c2)sc1C(C)=O. The second-order valence-electron chi connectivity index (χ2n) is 4.66. The minimum absolute atomic E-state index is 0.0728. The summed E-state index contributed by atoms with van der Waals surface area (Å²) < 4.78 is 10.9. The number of carbonyl (C=O) groups is 1. The molecule has 0 atom stereocenters. The molecule has 0 aliphatic rings. The summed E-state index contributed by atoms with van der Waals surface area (Å²) in [6.45, 7) is 4.02. The number of aromatic nitrogens is 1. The van der Waals surface area contributed by atoms with Gasteiger partial charge in [0.25, 0.3) is 0 Å². The van der Waals surface area contributed by atoms with Gasteiger partial charge in [-0.05, 0) is 18.6 Å². The van der Waals surface area contributed by atoms with Crippen molar-refractivity contribution in [2.24, 2.45) is 0 Å². The van der Waals surface area contributed by atoms with Gasteiger partial charge in [0.2, 0.25) is 0 Å². The fraction of sp³-hybridized carbons (Fsp3) is 0.375. The maximum atomic E-state index is 11.6. The molecule has 0 aliphatic carbocycles. The summed E-state index contributed by atoms with van der Waals surface area (Å²) in [5.41, 5.74) is 0.888. The molecule has 1 heterocycles. The number of thiazole rings is 1. The molecule has 4 nitrogen and oxygen atoms in total. The summed E-state index contributed by atoms with van der Waals surface area (Å²) in [5, 5.41) is 0.825. The lowest BCUT2D eigenvalue weighted by Crippen LogP contribution is -1.97. The summed E-state index contributed by atoms with van der Waals surface area (Å²) in [6, 6.07) is 7.43. The van der Waals surface area contributed by atoms with Crippen molar-refractivity contribution < 1.29 is 14.3 Å². The third-order valence-corrected chi connectivity index (χ3v) is 4.12. The van der Waals surface area contributed by atoms with Crippen LogP contribution in [0.3, 0.4) is 0 Å². The van der Waals surface area contributed by atoms with E-state index in [1.54, 1.807) is 14.0 Å². The third kappa shape index (κ3) is 4.04. The van der Waals surface area contributed by atoms with Crippen molar-refractivity contribution in [1.29, 1.82) is 0 Å². The van der Waals surface area contributed by atoms with Gasteiger partial charge in [0.1, 0.15) is 23.1 Å². The zero-order chi connectivity index (χ0) is 15.2. The molecule has 112 valence electrons. The Balaban J connectivity index is 2.09. The number of hydrogen-bond acceptors (Lipinski definition) is 5. The Bertz CT molecular complexity index is 622. The first-order valence-electron chi connectivity index (χ1n) is 6.90. The van der Waals surface area contributed by atoms with Crippen LogP contribution < -0.4 is 9.47 Å². The average Bonchev–Trinajstić information content (AvgIpc) is 2.89. The number of hydrogen-bond donors (Lipinski definition) is 0. The number of methoxy groups -OCH3 is 1. The van der Waals surface area contributed by atoms with Crippen LogP contribution in [0.25, 0.3) is 0 Å². The van der Waals surface area contributed by atoms with E-state index in [2.05, 4.69) is 11.9 Å². The highest BCUT2D eigenvalue weighted by atomic mass is 32.1. The first kappa shape index (κ1) is 15.5. The van der Waals surface area contributed by atoms with Gasteiger partial charge in [-0.2, -0.15) is 0 Å². The van der Waals surface area contributed by atoms with Gasteiger partial charge in [-0.1, -0.05) is 19.4 Å². The number of carbonyl (C=O) groups excluding carboxylic acids is 1. The van der Waals surface area contributed by atoms with Crippen molar-refractivity contribution >= 4 is 17.1 Å². The van der Waals surface area contributed by atoms with Crippen LogP contribution in [0, 0.1) is 0 Å². The van der Waals surface area contributed by atoms with Gasteiger partial charge in [0, 0.05) is 13.0 Å². The highest BCUT2D eigenvalue weighted by molar-refractivity contribution is 7.13. The van der Waals surface area contributed by atoms with Crippen LogP contribution in [-0.2, 0) is 13.0 Å². The topological polar surface area (TPSA) is 48.4 Å². The van der Waals surface area contributed by atoms with E-state index in [0.717, 1.165) is 39.9 Å². The predicted octanol–water partition coefficient (Wildman–Crippen LogP) is 3.89. The number of Topliss-reactive ketones (excluding diaryl/α,β-unsaturated/α-hetero) is 1. The standard InChI is InChI=1S/C16H19NO3S/c1-4-6-14-16(11(2)18)21-15(17-14)10-20-13-8-5-7-12(9-13)19-3/h5,7-9H,4,6,10H2,1-3H3. The molecule has 0 spiro atoms. The van der Waals surface area contributed by atoms with Gasteiger partial charge in [-0.3, -0.25) is 4.79 Å². The van der Waals surface area contributed by atoms with Gasteiger partial charge < -0.3 is 9.47 Å². The summed E-state index contributed by atoms with van der Waals surface area (Å²) >= 11 is 1.42. The quantitative estimate of drug-likeness (QED) is 0.728. The van der Waals surface area contributed by atoms with Crippen LogP contribution in [0.1, 0.15) is 40.6 Å². The summed E-state index contributed by atoms with van der Waals surface area (Å²) in [6.07, 6.45) is 1.80. The van der Waals surface area contributed by atoms with Crippen LogP contribution in [-0.4, -0.2) is 17.9 Å². The fourth-order valence-electron chi connectivity index (χ4n) is 1.98. The Morgan fingerprint density at radius 1 is 1.33 bits per heavy atom. The van der Waals surface area contributed by atoms with Crippen LogP contribution in [0.2, 0.25) is 0 Å². The lowest BCUT2D eigenvalue weighted by atomic mass is 10.2. The van der Waals surface area contributed by atoms with E-state index in [0.29, 0.717) is 6.61 Å². The van der Waals surface area contributed by atoms with E-state index in [4.69, 9.17) is 9.47 Å². The molecular formula is C16H19NO3S. The Hall–Kier alpha value is -1.88. The molecule has 0 aliphatic heterocycles. The van der Waals surface area contributed by atoms with Gasteiger partial charge in [0.05, 0.1) is 17.7 Å². The van der Waals surface area contributed by atoms with Crippen molar-refractivity contribution in [2.75, 3.05) is 7.11 Å². The summed E-state index contributed by atoms with van der Waals surface area (Å²) in [4.78, 5) is 16.9. The largest absolute Gasteiger partial charge is 0.497 e. The molecule has 0 unspecified atom stereocenters. The molecule has 0 N–H and O–H groups in total. The van der Waals surface area contributed by atoms with Crippen molar-refractivity contribution in [2.45, 2.75) is 33.3 Å². The molecule has 0 amide bonds. The lowest BCUT2D eigenvalue weighted by molar-refractivity contribution is 0.102. The maximum absolute atomic E-state index is 11.6. The van der Waals surface area contributed by atoms with Crippen LogP contribution in [0.15, 0.2) is 24.3 Å². The van der Waals surface area contributed by atoms with Crippen LogP contribution in [0.5, 0.6) is 11.5 Å².